The third kappa shape index (κ3) is 9.71. The van der Waals surface area contributed by atoms with E-state index in [1.54, 1.807) is 0 Å². The Morgan fingerprint density at radius 3 is 1.59 bits per heavy atom. The van der Waals surface area contributed by atoms with Crippen molar-refractivity contribution >= 4 is 11.9 Å². The molecule has 2 heterocycles. The number of hydrogen-bond donors (Lipinski definition) is 0. The van der Waals surface area contributed by atoms with E-state index in [0.717, 1.165) is 64.2 Å². The van der Waals surface area contributed by atoms with Crippen molar-refractivity contribution in [3.63, 3.8) is 0 Å². The Labute approximate surface area is 239 Å². The number of carbonyl (C=O) groups is 2. The standard InChI is InChI=1S/C32H60N2O5/c1-12-37-34-28(2,3)21-25(22-29(34,4)5)38-26(35)19-17-15-13-14-16-18-20-27(36)39-32(10)23-30(6,7)33(11)31(8,9)24-32/h25H,12-24H2,1-11H3. The monoisotopic (exact) mass is 552 g/mol. The van der Waals surface area contributed by atoms with Gasteiger partial charge in [0.1, 0.15) is 11.7 Å². The molecule has 0 aliphatic carbocycles. The summed E-state index contributed by atoms with van der Waals surface area (Å²) in [6.07, 6.45) is 9.98. The number of esters is 2. The summed E-state index contributed by atoms with van der Waals surface area (Å²) in [6, 6.07) is 0. The average molecular weight is 553 g/mol. The van der Waals surface area contributed by atoms with Crippen LogP contribution in [0.3, 0.4) is 0 Å². The van der Waals surface area contributed by atoms with Crippen LogP contribution in [0.5, 0.6) is 0 Å². The molecule has 0 unspecified atom stereocenters. The fraction of sp³-hybridized carbons (Fsp3) is 0.938. The summed E-state index contributed by atoms with van der Waals surface area (Å²) in [4.78, 5) is 33.5. The Morgan fingerprint density at radius 2 is 1.13 bits per heavy atom. The molecule has 2 aliphatic heterocycles. The van der Waals surface area contributed by atoms with Gasteiger partial charge in [-0.05, 0) is 89.1 Å². The smallest absolute Gasteiger partial charge is 0.306 e. The first-order valence-electron chi connectivity index (χ1n) is 15.4. The van der Waals surface area contributed by atoms with E-state index in [1.165, 1.54) is 0 Å². The van der Waals surface area contributed by atoms with E-state index in [9.17, 15) is 9.59 Å². The van der Waals surface area contributed by atoms with Gasteiger partial charge in [0.15, 0.2) is 0 Å². The molecule has 0 spiro atoms. The zero-order valence-corrected chi connectivity index (χ0v) is 27.2. The fourth-order valence-electron chi connectivity index (χ4n) is 7.57. The predicted molar refractivity (Wildman–Crippen MR) is 157 cm³/mol. The lowest BCUT2D eigenvalue weighted by atomic mass is 9.72. The molecule has 0 radical (unpaired) electrons. The van der Waals surface area contributed by atoms with Crippen molar-refractivity contribution in [1.82, 2.24) is 9.96 Å². The molecule has 0 aromatic carbocycles. The summed E-state index contributed by atoms with van der Waals surface area (Å²) >= 11 is 0. The third-order valence-electron chi connectivity index (χ3n) is 8.91. The molecule has 2 fully saturated rings. The molecule has 0 atom stereocenters. The molecule has 0 saturated carbocycles. The molecule has 2 saturated heterocycles. The second-order valence-electron chi connectivity index (χ2n) is 14.9. The van der Waals surface area contributed by atoms with E-state index >= 15 is 0 Å². The molecule has 2 aliphatic rings. The highest BCUT2D eigenvalue weighted by molar-refractivity contribution is 5.70. The van der Waals surface area contributed by atoms with Crippen LogP contribution in [0.25, 0.3) is 0 Å². The number of hydroxylamine groups is 2. The van der Waals surface area contributed by atoms with Gasteiger partial charge in [-0.15, -0.1) is 0 Å². The molecule has 2 rings (SSSR count). The molecule has 7 nitrogen and oxygen atoms in total. The van der Waals surface area contributed by atoms with E-state index in [-0.39, 0.29) is 40.2 Å². The summed E-state index contributed by atoms with van der Waals surface area (Å²) in [5.41, 5.74) is -0.827. The largest absolute Gasteiger partial charge is 0.462 e. The number of unbranched alkanes of at least 4 members (excludes halogenated alkanes) is 5. The SMILES string of the molecule is CCON1C(C)(C)CC(OC(=O)CCCCCCCCC(=O)OC2(C)CC(C)(C)N(C)C(C)(C)C2)CC1(C)C. The Hall–Kier alpha value is -1.18. The quantitative estimate of drug-likeness (QED) is 0.177. The maximum atomic E-state index is 12.6. The Balaban J connectivity index is 1.60. The van der Waals surface area contributed by atoms with Crippen LogP contribution >= 0.6 is 0 Å². The first kappa shape index (κ1) is 34.0. The van der Waals surface area contributed by atoms with Crippen LogP contribution in [-0.4, -0.2) is 69.4 Å². The predicted octanol–water partition coefficient (Wildman–Crippen LogP) is 7.21. The lowest BCUT2D eigenvalue weighted by molar-refractivity contribution is -0.290. The van der Waals surface area contributed by atoms with Gasteiger partial charge in [-0.3, -0.25) is 19.3 Å². The Bertz CT molecular complexity index is 783. The minimum absolute atomic E-state index is 0.0163. The second-order valence-corrected chi connectivity index (χ2v) is 14.9. The molecule has 0 N–H and O–H groups in total. The van der Waals surface area contributed by atoms with Crippen LogP contribution in [0.1, 0.15) is 146 Å². The van der Waals surface area contributed by atoms with Gasteiger partial charge in [0.25, 0.3) is 0 Å². The van der Waals surface area contributed by atoms with Gasteiger partial charge in [-0.1, -0.05) is 25.7 Å². The number of nitrogens with zero attached hydrogens (tertiary/aromatic N) is 2. The van der Waals surface area contributed by atoms with Gasteiger partial charge in [0.2, 0.25) is 0 Å². The number of hydrogen-bond acceptors (Lipinski definition) is 7. The first-order chi connectivity index (χ1) is 17.8. The van der Waals surface area contributed by atoms with Crippen molar-refractivity contribution < 1.29 is 23.9 Å². The van der Waals surface area contributed by atoms with Crippen molar-refractivity contribution in [1.29, 1.82) is 0 Å². The summed E-state index contributed by atoms with van der Waals surface area (Å²) in [5.74, 6) is -0.164. The highest BCUT2D eigenvalue weighted by Gasteiger charge is 2.50. The van der Waals surface area contributed by atoms with Crippen LogP contribution in [0.2, 0.25) is 0 Å². The van der Waals surface area contributed by atoms with E-state index < -0.39 is 5.60 Å². The highest BCUT2D eigenvalue weighted by Crippen LogP contribution is 2.44. The number of rotatable bonds is 13. The maximum Gasteiger partial charge on any atom is 0.306 e. The van der Waals surface area contributed by atoms with Crippen LogP contribution < -0.4 is 0 Å². The maximum absolute atomic E-state index is 12.6. The summed E-state index contributed by atoms with van der Waals surface area (Å²) in [5, 5.41) is 2.08. The lowest BCUT2D eigenvalue weighted by Gasteiger charge is -2.56. The third-order valence-corrected chi connectivity index (χ3v) is 8.91. The van der Waals surface area contributed by atoms with Crippen molar-refractivity contribution in [3.8, 4) is 0 Å². The molecule has 228 valence electrons. The molecule has 39 heavy (non-hydrogen) atoms. The first-order valence-corrected chi connectivity index (χ1v) is 15.4. The minimum atomic E-state index is -0.420. The number of ether oxygens (including phenoxy) is 2. The number of carbonyl (C=O) groups excluding carboxylic acids is 2. The van der Waals surface area contributed by atoms with Gasteiger partial charge in [0, 0.05) is 60.7 Å². The van der Waals surface area contributed by atoms with Crippen LogP contribution in [0.4, 0.5) is 0 Å². The molecule has 0 amide bonds. The van der Waals surface area contributed by atoms with Crippen LogP contribution in [0.15, 0.2) is 0 Å². The van der Waals surface area contributed by atoms with E-state index in [2.05, 4.69) is 79.3 Å². The minimum Gasteiger partial charge on any atom is -0.462 e. The van der Waals surface area contributed by atoms with Gasteiger partial charge < -0.3 is 9.47 Å². The van der Waals surface area contributed by atoms with Gasteiger partial charge in [0.05, 0.1) is 6.61 Å². The van der Waals surface area contributed by atoms with Crippen molar-refractivity contribution in [3.05, 3.63) is 0 Å². The summed E-state index contributed by atoms with van der Waals surface area (Å²) < 4.78 is 11.9. The zero-order valence-electron chi connectivity index (χ0n) is 27.2. The van der Waals surface area contributed by atoms with Crippen LogP contribution in [0, 0.1) is 0 Å². The molecular weight excluding hydrogens is 492 g/mol. The summed E-state index contributed by atoms with van der Waals surface area (Å²) in [7, 11) is 2.17. The normalized spacial score (nSPS) is 24.3. The van der Waals surface area contributed by atoms with Gasteiger partial charge in [-0.25, -0.2) is 0 Å². The van der Waals surface area contributed by atoms with E-state index in [4.69, 9.17) is 14.3 Å². The lowest BCUT2D eigenvalue weighted by Crippen LogP contribution is -2.63. The van der Waals surface area contributed by atoms with Crippen molar-refractivity contribution in [2.24, 2.45) is 0 Å². The zero-order chi connectivity index (χ0) is 29.7. The van der Waals surface area contributed by atoms with E-state index in [1.807, 2.05) is 6.92 Å². The molecule has 7 heteroatoms. The van der Waals surface area contributed by atoms with E-state index in [0.29, 0.717) is 19.4 Å². The van der Waals surface area contributed by atoms with Crippen LogP contribution in [-0.2, 0) is 23.9 Å². The molecular formula is C32H60N2O5. The Kier molecular flexibility index (Phi) is 11.5. The van der Waals surface area contributed by atoms with Gasteiger partial charge >= 0.3 is 11.9 Å². The van der Waals surface area contributed by atoms with Gasteiger partial charge in [-0.2, -0.15) is 5.06 Å². The molecule has 0 bridgehead atoms. The number of piperidine rings is 2. The fourth-order valence-corrected chi connectivity index (χ4v) is 7.57. The highest BCUT2D eigenvalue weighted by atomic mass is 16.7. The Morgan fingerprint density at radius 1 is 0.692 bits per heavy atom. The van der Waals surface area contributed by atoms with Crippen molar-refractivity contribution in [2.45, 2.75) is 180 Å². The van der Waals surface area contributed by atoms with Crippen molar-refractivity contribution in [2.75, 3.05) is 13.7 Å². The second kappa shape index (κ2) is 13.2. The average Bonchev–Trinajstić information content (AvgIpc) is 2.75. The number of likely N-dealkylation sites (tertiary alicyclic amines) is 1. The topological polar surface area (TPSA) is 68.3 Å². The summed E-state index contributed by atoms with van der Waals surface area (Å²) in [6.45, 7) is 22.3. The molecule has 0 aromatic heterocycles. The molecule has 0 aromatic rings.